The molecule has 2 heterocycles. The van der Waals surface area contributed by atoms with Crippen molar-refractivity contribution in [2.24, 2.45) is 5.92 Å². The van der Waals surface area contributed by atoms with E-state index in [1.54, 1.807) is 0 Å². The molecule has 0 spiro atoms. The van der Waals surface area contributed by atoms with E-state index in [-0.39, 0.29) is 33.9 Å². The summed E-state index contributed by atoms with van der Waals surface area (Å²) in [4.78, 5) is 32.3. The lowest BCUT2D eigenvalue weighted by atomic mass is 10.1. The largest absolute Gasteiger partial charge is 0.383 e. The number of carbonyl (C=O) groups excluding carboxylic acids is 2. The van der Waals surface area contributed by atoms with E-state index < -0.39 is 0 Å². The van der Waals surface area contributed by atoms with Crippen LogP contribution in [0.2, 0.25) is 5.15 Å². The Hall–Kier alpha value is -1.34. The Labute approximate surface area is 119 Å². The zero-order valence-electron chi connectivity index (χ0n) is 10.3. The van der Waals surface area contributed by atoms with Crippen LogP contribution in [0.4, 0.5) is 11.8 Å². The fraction of sp³-hybridized carbons (Fsp3) is 0.455. The van der Waals surface area contributed by atoms with Crippen molar-refractivity contribution in [2.45, 2.75) is 13.3 Å². The first kappa shape index (κ1) is 14.1. The smallest absolute Gasteiger partial charge is 0.235 e. The number of nitrogen functional groups attached to an aromatic ring is 1. The van der Waals surface area contributed by atoms with Gasteiger partial charge in [-0.2, -0.15) is 4.98 Å². The van der Waals surface area contributed by atoms with Crippen molar-refractivity contribution in [3.8, 4) is 0 Å². The van der Waals surface area contributed by atoms with Gasteiger partial charge in [-0.3, -0.25) is 14.5 Å². The number of thioether (sulfide) groups is 1. The number of carbonyl (C=O) groups is 2. The van der Waals surface area contributed by atoms with Crippen molar-refractivity contribution in [1.29, 1.82) is 0 Å². The summed E-state index contributed by atoms with van der Waals surface area (Å²) < 4.78 is 0. The molecule has 0 bridgehead atoms. The lowest BCUT2D eigenvalue weighted by Crippen LogP contribution is -2.27. The highest BCUT2D eigenvalue weighted by atomic mass is 35.5. The summed E-state index contributed by atoms with van der Waals surface area (Å²) in [6.07, 6.45) is 0.385. The van der Waals surface area contributed by atoms with Crippen LogP contribution in [-0.4, -0.2) is 33.3 Å². The maximum absolute atomic E-state index is 11.9. The van der Waals surface area contributed by atoms with Gasteiger partial charge in [0.1, 0.15) is 11.0 Å². The van der Waals surface area contributed by atoms with E-state index in [2.05, 4.69) is 9.97 Å². The van der Waals surface area contributed by atoms with Gasteiger partial charge in [-0.1, -0.05) is 23.4 Å². The first-order valence-corrected chi connectivity index (χ1v) is 7.06. The minimum Gasteiger partial charge on any atom is -0.383 e. The van der Waals surface area contributed by atoms with Crippen LogP contribution in [0, 0.1) is 5.92 Å². The molecule has 1 saturated heterocycles. The molecule has 0 saturated carbocycles. The van der Waals surface area contributed by atoms with Gasteiger partial charge in [0.05, 0.1) is 0 Å². The molecule has 102 valence electrons. The van der Waals surface area contributed by atoms with Crippen LogP contribution in [0.5, 0.6) is 0 Å². The molecule has 0 aromatic carbocycles. The minimum atomic E-state index is -0.0733. The standard InChI is InChI=1S/C11H13ClN4O2S/c1-6(17)19-5-7-2-10(18)16(4-7)11-14-8(12)3-9(13)15-11/h3,7H,2,4-5H2,1H3,(H2,13,14,15). The number of rotatable bonds is 3. The Balaban J connectivity index is 2.09. The van der Waals surface area contributed by atoms with Crippen molar-refractivity contribution in [3.05, 3.63) is 11.2 Å². The van der Waals surface area contributed by atoms with Crippen LogP contribution in [0.3, 0.4) is 0 Å². The first-order chi connectivity index (χ1) is 8.95. The van der Waals surface area contributed by atoms with Gasteiger partial charge >= 0.3 is 0 Å². The molecule has 1 aliphatic rings. The number of hydrogen-bond acceptors (Lipinski definition) is 6. The summed E-state index contributed by atoms with van der Waals surface area (Å²) in [5, 5.41) is 0.256. The molecule has 0 aliphatic carbocycles. The van der Waals surface area contributed by atoms with Gasteiger partial charge in [0.25, 0.3) is 0 Å². The van der Waals surface area contributed by atoms with Crippen LogP contribution in [0.15, 0.2) is 6.07 Å². The summed E-state index contributed by atoms with van der Waals surface area (Å²) in [6.45, 7) is 2.00. The highest BCUT2D eigenvalue weighted by Crippen LogP contribution is 2.26. The van der Waals surface area contributed by atoms with Crippen molar-refractivity contribution in [3.63, 3.8) is 0 Å². The highest BCUT2D eigenvalue weighted by Gasteiger charge is 2.32. The van der Waals surface area contributed by atoms with Crippen LogP contribution in [0.1, 0.15) is 13.3 Å². The minimum absolute atomic E-state index is 0.0501. The van der Waals surface area contributed by atoms with E-state index in [9.17, 15) is 9.59 Å². The molecule has 1 fully saturated rings. The van der Waals surface area contributed by atoms with Gasteiger partial charge in [0.2, 0.25) is 11.9 Å². The Morgan fingerprint density at radius 3 is 3.00 bits per heavy atom. The molecule has 0 radical (unpaired) electrons. The van der Waals surface area contributed by atoms with Gasteiger partial charge < -0.3 is 5.73 Å². The van der Waals surface area contributed by atoms with E-state index >= 15 is 0 Å². The van der Waals surface area contributed by atoms with Crippen LogP contribution < -0.4 is 10.6 Å². The van der Waals surface area contributed by atoms with Gasteiger partial charge in [-0.05, 0) is 5.92 Å². The summed E-state index contributed by atoms with van der Waals surface area (Å²) in [6, 6.07) is 1.43. The third kappa shape index (κ3) is 3.57. The van der Waals surface area contributed by atoms with Crippen molar-refractivity contribution < 1.29 is 9.59 Å². The van der Waals surface area contributed by atoms with Crippen LogP contribution in [-0.2, 0) is 9.59 Å². The molecule has 19 heavy (non-hydrogen) atoms. The van der Waals surface area contributed by atoms with Gasteiger partial charge in [-0.25, -0.2) is 4.98 Å². The lowest BCUT2D eigenvalue weighted by Gasteiger charge is -2.14. The molecule has 1 aromatic rings. The van der Waals surface area contributed by atoms with Crippen molar-refractivity contribution in [2.75, 3.05) is 22.9 Å². The maximum atomic E-state index is 11.9. The molecule has 1 unspecified atom stereocenters. The predicted molar refractivity (Wildman–Crippen MR) is 75.1 cm³/mol. The highest BCUT2D eigenvalue weighted by molar-refractivity contribution is 8.13. The van der Waals surface area contributed by atoms with Crippen molar-refractivity contribution in [1.82, 2.24) is 9.97 Å². The topological polar surface area (TPSA) is 89.2 Å². The third-order valence-electron chi connectivity index (χ3n) is 2.67. The number of hydrogen-bond donors (Lipinski definition) is 1. The van der Waals surface area contributed by atoms with E-state index in [0.29, 0.717) is 18.7 Å². The maximum Gasteiger partial charge on any atom is 0.235 e. The van der Waals surface area contributed by atoms with Gasteiger partial charge in [0, 0.05) is 31.7 Å². The van der Waals surface area contributed by atoms with Crippen LogP contribution in [0.25, 0.3) is 0 Å². The molecule has 8 heteroatoms. The quantitative estimate of drug-likeness (QED) is 0.848. The molecule has 1 atom stereocenters. The summed E-state index contributed by atoms with van der Waals surface area (Å²) in [5.74, 6) is 1.11. The van der Waals surface area contributed by atoms with E-state index in [0.717, 1.165) is 0 Å². The summed E-state index contributed by atoms with van der Waals surface area (Å²) in [5.41, 5.74) is 5.58. The second kappa shape index (κ2) is 5.75. The molecule has 1 aliphatic heterocycles. The molecule has 1 amide bonds. The lowest BCUT2D eigenvalue weighted by molar-refractivity contribution is -0.117. The second-order valence-corrected chi connectivity index (χ2v) is 5.88. The number of aromatic nitrogens is 2. The average molecular weight is 301 g/mol. The Bertz CT molecular complexity index is 505. The summed E-state index contributed by atoms with van der Waals surface area (Å²) >= 11 is 7.02. The second-order valence-electron chi connectivity index (χ2n) is 4.29. The Morgan fingerprint density at radius 1 is 1.63 bits per heavy atom. The third-order valence-corrected chi connectivity index (χ3v) is 3.91. The fourth-order valence-corrected chi connectivity index (χ4v) is 2.75. The Kier molecular flexibility index (Phi) is 4.26. The molecular formula is C11H13ClN4O2S. The first-order valence-electron chi connectivity index (χ1n) is 5.69. The number of amides is 1. The molecule has 1 aromatic heterocycles. The number of nitrogens with two attached hydrogens (primary N) is 1. The van der Waals surface area contributed by atoms with Gasteiger partial charge in [-0.15, -0.1) is 0 Å². The predicted octanol–water partition coefficient (Wildman–Crippen LogP) is 1.34. The zero-order valence-corrected chi connectivity index (χ0v) is 11.9. The molecule has 6 nitrogen and oxygen atoms in total. The Morgan fingerprint density at radius 2 is 2.37 bits per heavy atom. The van der Waals surface area contributed by atoms with Gasteiger partial charge in [0.15, 0.2) is 5.12 Å². The number of halogens is 1. The number of nitrogens with zero attached hydrogens (tertiary/aromatic N) is 3. The van der Waals surface area contributed by atoms with Crippen molar-refractivity contribution >= 4 is 46.2 Å². The molecular weight excluding hydrogens is 288 g/mol. The molecule has 2 N–H and O–H groups in total. The summed E-state index contributed by atoms with van der Waals surface area (Å²) in [7, 11) is 0. The molecule has 2 rings (SSSR count). The normalized spacial score (nSPS) is 18.9. The van der Waals surface area contributed by atoms with E-state index in [1.165, 1.54) is 29.7 Å². The average Bonchev–Trinajstić information content (AvgIpc) is 2.66. The van der Waals surface area contributed by atoms with E-state index in [1.807, 2.05) is 0 Å². The zero-order chi connectivity index (χ0) is 14.0. The monoisotopic (exact) mass is 300 g/mol. The fourth-order valence-electron chi connectivity index (χ4n) is 1.87. The SMILES string of the molecule is CC(=O)SCC1CC(=O)N(c2nc(N)cc(Cl)n2)C1. The van der Waals surface area contributed by atoms with E-state index in [4.69, 9.17) is 17.3 Å². The van der Waals surface area contributed by atoms with Crippen LogP contribution >= 0.6 is 23.4 Å². The number of anilines is 2.